The molecule has 0 saturated heterocycles. The van der Waals surface area contributed by atoms with Gasteiger partial charge in [0, 0.05) is 5.92 Å². The van der Waals surface area contributed by atoms with Gasteiger partial charge >= 0.3 is 0 Å². The summed E-state index contributed by atoms with van der Waals surface area (Å²) in [5.74, 6) is 0.191. The van der Waals surface area contributed by atoms with Crippen LogP contribution in [0.1, 0.15) is 24.3 Å². The van der Waals surface area contributed by atoms with E-state index < -0.39 is 9.84 Å². The molecule has 0 unspecified atom stereocenters. The molecule has 2 atom stereocenters. The summed E-state index contributed by atoms with van der Waals surface area (Å²) >= 11 is 0. The number of fused-ring (bicyclic) bond motifs is 3. The molecular formula is C12H12O2S. The van der Waals surface area contributed by atoms with Crippen LogP contribution >= 0.6 is 0 Å². The lowest BCUT2D eigenvalue weighted by molar-refractivity contribution is 0.563. The zero-order chi connectivity index (χ0) is 10.5. The standard InChI is InChI=1S/C12H12O2S/c13-15(14)11-7-3-1-5-9(11)10-6-2-4-8-12(10)15/h1-5,7,10,12H,6,8H2/t10-,12-/m1/s1. The molecule has 1 aliphatic heterocycles. The van der Waals surface area contributed by atoms with Crippen LogP contribution in [0.3, 0.4) is 0 Å². The van der Waals surface area contributed by atoms with Crippen LogP contribution < -0.4 is 0 Å². The summed E-state index contributed by atoms with van der Waals surface area (Å²) in [6.45, 7) is 0. The van der Waals surface area contributed by atoms with Crippen molar-refractivity contribution in [2.24, 2.45) is 0 Å². The molecule has 1 aliphatic carbocycles. The summed E-state index contributed by atoms with van der Waals surface area (Å²) in [6, 6.07) is 7.43. The van der Waals surface area contributed by atoms with Crippen molar-refractivity contribution in [1.82, 2.24) is 0 Å². The third-order valence-electron chi connectivity index (χ3n) is 3.40. The molecule has 2 aliphatic rings. The number of hydrogen-bond donors (Lipinski definition) is 0. The van der Waals surface area contributed by atoms with E-state index in [9.17, 15) is 8.42 Å². The first-order valence-electron chi connectivity index (χ1n) is 5.19. The first kappa shape index (κ1) is 9.16. The molecule has 0 saturated carbocycles. The molecule has 3 heteroatoms. The Labute approximate surface area is 89.5 Å². The maximum absolute atomic E-state index is 12.2. The zero-order valence-corrected chi connectivity index (χ0v) is 9.07. The van der Waals surface area contributed by atoms with E-state index >= 15 is 0 Å². The minimum atomic E-state index is -3.06. The van der Waals surface area contributed by atoms with Crippen LogP contribution in [-0.4, -0.2) is 13.7 Å². The Morgan fingerprint density at radius 2 is 1.80 bits per heavy atom. The third-order valence-corrected chi connectivity index (χ3v) is 5.70. The number of sulfone groups is 1. The number of hydrogen-bond acceptors (Lipinski definition) is 2. The number of rotatable bonds is 0. The molecule has 0 fully saturated rings. The second kappa shape index (κ2) is 2.95. The summed E-state index contributed by atoms with van der Waals surface area (Å²) in [6.07, 6.45) is 5.62. The van der Waals surface area contributed by atoms with Crippen LogP contribution in [0.5, 0.6) is 0 Å². The van der Waals surface area contributed by atoms with Crippen molar-refractivity contribution in [2.45, 2.75) is 28.9 Å². The van der Waals surface area contributed by atoms with Crippen molar-refractivity contribution in [3.05, 3.63) is 42.0 Å². The highest BCUT2D eigenvalue weighted by atomic mass is 32.2. The molecule has 0 aromatic heterocycles. The maximum atomic E-state index is 12.2. The van der Waals surface area contributed by atoms with Crippen LogP contribution in [0.25, 0.3) is 0 Å². The van der Waals surface area contributed by atoms with Gasteiger partial charge in [0.25, 0.3) is 0 Å². The van der Waals surface area contributed by atoms with Gasteiger partial charge in [-0.05, 0) is 24.5 Å². The van der Waals surface area contributed by atoms with Gasteiger partial charge in [0.05, 0.1) is 10.1 Å². The molecule has 78 valence electrons. The smallest absolute Gasteiger partial charge is 0.182 e. The Morgan fingerprint density at radius 1 is 1.07 bits per heavy atom. The molecule has 1 heterocycles. The van der Waals surface area contributed by atoms with E-state index in [4.69, 9.17) is 0 Å². The van der Waals surface area contributed by atoms with Gasteiger partial charge in [-0.3, -0.25) is 0 Å². The summed E-state index contributed by atoms with van der Waals surface area (Å²) in [5.41, 5.74) is 1.02. The largest absolute Gasteiger partial charge is 0.223 e. The van der Waals surface area contributed by atoms with Gasteiger partial charge in [0.2, 0.25) is 0 Å². The molecule has 0 amide bonds. The summed E-state index contributed by atoms with van der Waals surface area (Å²) < 4.78 is 24.4. The SMILES string of the molecule is O=S1(=O)c2ccccc2[C@H]2CC=CC[C@H]21. The second-order valence-electron chi connectivity index (χ2n) is 4.17. The molecular weight excluding hydrogens is 208 g/mol. The molecule has 0 bridgehead atoms. The van der Waals surface area contributed by atoms with Gasteiger partial charge < -0.3 is 0 Å². The van der Waals surface area contributed by atoms with Crippen LogP contribution in [0.2, 0.25) is 0 Å². The van der Waals surface area contributed by atoms with E-state index in [1.807, 2.05) is 18.2 Å². The highest BCUT2D eigenvalue weighted by Crippen LogP contribution is 2.45. The summed E-state index contributed by atoms with van der Waals surface area (Å²) in [5, 5.41) is -0.208. The Balaban J connectivity index is 2.27. The van der Waals surface area contributed by atoms with Crippen LogP contribution in [-0.2, 0) is 9.84 Å². The zero-order valence-electron chi connectivity index (χ0n) is 8.26. The lowest BCUT2D eigenvalue weighted by Gasteiger charge is -2.19. The first-order valence-corrected chi connectivity index (χ1v) is 6.74. The van der Waals surface area contributed by atoms with Crippen molar-refractivity contribution in [1.29, 1.82) is 0 Å². The quantitative estimate of drug-likeness (QED) is 0.628. The van der Waals surface area contributed by atoms with Gasteiger partial charge in [-0.1, -0.05) is 30.4 Å². The molecule has 1 aromatic rings. The van der Waals surface area contributed by atoms with Crippen molar-refractivity contribution in [2.75, 3.05) is 0 Å². The van der Waals surface area contributed by atoms with E-state index in [1.165, 1.54) is 0 Å². The Kier molecular flexibility index (Phi) is 1.80. The monoisotopic (exact) mass is 220 g/mol. The van der Waals surface area contributed by atoms with Crippen molar-refractivity contribution in [3.63, 3.8) is 0 Å². The Morgan fingerprint density at radius 3 is 2.67 bits per heavy atom. The fourth-order valence-electron chi connectivity index (χ4n) is 2.67. The Bertz CT molecular complexity index is 528. The fraction of sp³-hybridized carbons (Fsp3) is 0.333. The molecule has 1 aromatic carbocycles. The fourth-order valence-corrected chi connectivity index (χ4v) is 4.87. The van der Waals surface area contributed by atoms with E-state index in [0.717, 1.165) is 12.0 Å². The molecule has 0 spiro atoms. The highest BCUT2D eigenvalue weighted by molar-refractivity contribution is 7.92. The minimum Gasteiger partial charge on any atom is -0.223 e. The number of benzene rings is 1. The predicted octanol–water partition coefficient (Wildman–Crippen LogP) is 2.28. The normalized spacial score (nSPS) is 30.9. The molecule has 2 nitrogen and oxygen atoms in total. The number of allylic oxidation sites excluding steroid dienone is 2. The lowest BCUT2D eigenvalue weighted by atomic mass is 9.88. The first-order chi connectivity index (χ1) is 7.21. The van der Waals surface area contributed by atoms with Crippen molar-refractivity contribution >= 4 is 9.84 Å². The van der Waals surface area contributed by atoms with Gasteiger partial charge in [-0.25, -0.2) is 8.42 Å². The van der Waals surface area contributed by atoms with E-state index in [1.54, 1.807) is 12.1 Å². The summed E-state index contributed by atoms with van der Waals surface area (Å²) in [7, 11) is -3.06. The summed E-state index contributed by atoms with van der Waals surface area (Å²) in [4.78, 5) is 0.559. The second-order valence-corrected chi connectivity index (χ2v) is 6.31. The van der Waals surface area contributed by atoms with Crippen LogP contribution in [0, 0.1) is 0 Å². The molecule has 3 rings (SSSR count). The molecule has 0 radical (unpaired) electrons. The molecule has 15 heavy (non-hydrogen) atoms. The van der Waals surface area contributed by atoms with E-state index in [2.05, 4.69) is 6.08 Å². The van der Waals surface area contributed by atoms with Gasteiger partial charge in [-0.2, -0.15) is 0 Å². The van der Waals surface area contributed by atoms with Crippen LogP contribution in [0.15, 0.2) is 41.3 Å². The third kappa shape index (κ3) is 1.13. The molecule has 0 N–H and O–H groups in total. The van der Waals surface area contributed by atoms with E-state index in [-0.39, 0.29) is 11.2 Å². The minimum absolute atomic E-state index is 0.191. The van der Waals surface area contributed by atoms with Gasteiger partial charge in [-0.15, -0.1) is 0 Å². The van der Waals surface area contributed by atoms with E-state index in [0.29, 0.717) is 11.3 Å². The average molecular weight is 220 g/mol. The predicted molar refractivity (Wildman–Crippen MR) is 58.5 cm³/mol. The lowest BCUT2D eigenvalue weighted by Crippen LogP contribution is -2.22. The van der Waals surface area contributed by atoms with Gasteiger partial charge in [0.1, 0.15) is 0 Å². The maximum Gasteiger partial charge on any atom is 0.182 e. The topological polar surface area (TPSA) is 34.1 Å². The highest BCUT2D eigenvalue weighted by Gasteiger charge is 2.44. The van der Waals surface area contributed by atoms with Crippen molar-refractivity contribution < 1.29 is 8.42 Å². The van der Waals surface area contributed by atoms with Crippen molar-refractivity contribution in [3.8, 4) is 0 Å². The average Bonchev–Trinajstić information content (AvgIpc) is 2.51. The Hall–Kier alpha value is -1.09. The van der Waals surface area contributed by atoms with Crippen LogP contribution in [0.4, 0.5) is 0 Å². The van der Waals surface area contributed by atoms with Gasteiger partial charge in [0.15, 0.2) is 9.84 Å².